The maximum Gasteiger partial charge on any atom is 0.164 e. The molecule has 1 aromatic rings. The number of benzene rings is 1. The van der Waals surface area contributed by atoms with Crippen LogP contribution in [0.5, 0.6) is 17.2 Å². The van der Waals surface area contributed by atoms with Crippen molar-refractivity contribution in [1.82, 2.24) is 10.2 Å². The second kappa shape index (κ2) is 7.52. The van der Waals surface area contributed by atoms with Gasteiger partial charge in [0.1, 0.15) is 5.75 Å². The lowest BCUT2D eigenvalue weighted by Crippen LogP contribution is -2.35. The lowest BCUT2D eigenvalue weighted by Gasteiger charge is -2.20. The monoisotopic (exact) mass is 294 g/mol. The van der Waals surface area contributed by atoms with Crippen LogP contribution in [-0.4, -0.2) is 52.4 Å². The van der Waals surface area contributed by atoms with Crippen LogP contribution in [0.3, 0.4) is 0 Å². The standard InChI is InChI=1S/C16H26N2O3/c1-18-7-5-6-13(18)11-17-10-12-8-15(20-3)16(21-4)9-14(12)19-2/h8-9,13,17H,5-7,10-11H2,1-4H3. The van der Waals surface area contributed by atoms with E-state index in [0.717, 1.165) is 30.2 Å². The maximum atomic E-state index is 5.45. The van der Waals surface area contributed by atoms with Gasteiger partial charge in [-0.3, -0.25) is 0 Å². The van der Waals surface area contributed by atoms with Gasteiger partial charge >= 0.3 is 0 Å². The van der Waals surface area contributed by atoms with Crippen molar-refractivity contribution in [2.75, 3.05) is 41.5 Å². The van der Waals surface area contributed by atoms with Crippen molar-refractivity contribution in [3.05, 3.63) is 17.7 Å². The molecule has 1 heterocycles. The van der Waals surface area contributed by atoms with E-state index in [4.69, 9.17) is 14.2 Å². The summed E-state index contributed by atoms with van der Waals surface area (Å²) in [6, 6.07) is 4.48. The molecule has 0 saturated carbocycles. The number of ether oxygens (including phenoxy) is 3. The average Bonchev–Trinajstić information content (AvgIpc) is 2.92. The predicted octanol–water partition coefficient (Wildman–Crippen LogP) is 1.90. The molecular formula is C16H26N2O3. The summed E-state index contributed by atoms with van der Waals surface area (Å²) in [6.45, 7) is 2.95. The van der Waals surface area contributed by atoms with Crippen molar-refractivity contribution in [2.45, 2.75) is 25.4 Å². The third-order valence-electron chi connectivity index (χ3n) is 4.15. The number of rotatable bonds is 7. The fourth-order valence-electron chi connectivity index (χ4n) is 2.84. The highest BCUT2D eigenvalue weighted by atomic mass is 16.5. The fourth-order valence-corrected chi connectivity index (χ4v) is 2.84. The molecule has 5 nitrogen and oxygen atoms in total. The summed E-state index contributed by atoms with van der Waals surface area (Å²) < 4.78 is 16.1. The Balaban J connectivity index is 2.01. The summed E-state index contributed by atoms with van der Waals surface area (Å²) in [5.41, 5.74) is 1.08. The van der Waals surface area contributed by atoms with Crippen LogP contribution in [-0.2, 0) is 6.54 Å². The average molecular weight is 294 g/mol. The number of hydrogen-bond donors (Lipinski definition) is 1. The number of nitrogens with zero attached hydrogens (tertiary/aromatic N) is 1. The Hall–Kier alpha value is -1.46. The second-order valence-corrected chi connectivity index (χ2v) is 5.43. The minimum Gasteiger partial charge on any atom is -0.496 e. The third-order valence-corrected chi connectivity index (χ3v) is 4.15. The van der Waals surface area contributed by atoms with E-state index in [1.54, 1.807) is 21.3 Å². The zero-order chi connectivity index (χ0) is 15.2. The molecule has 0 aromatic heterocycles. The van der Waals surface area contributed by atoms with Crippen molar-refractivity contribution in [1.29, 1.82) is 0 Å². The maximum absolute atomic E-state index is 5.45. The van der Waals surface area contributed by atoms with Gasteiger partial charge in [0.2, 0.25) is 0 Å². The molecule has 0 aliphatic carbocycles. The van der Waals surface area contributed by atoms with Gasteiger partial charge in [0.15, 0.2) is 11.5 Å². The quantitative estimate of drug-likeness (QED) is 0.832. The largest absolute Gasteiger partial charge is 0.496 e. The van der Waals surface area contributed by atoms with Gasteiger partial charge in [0, 0.05) is 30.8 Å². The number of likely N-dealkylation sites (N-methyl/N-ethyl adjacent to an activating group) is 1. The zero-order valence-electron chi connectivity index (χ0n) is 13.4. The molecule has 5 heteroatoms. The van der Waals surface area contributed by atoms with Gasteiger partial charge in [0.05, 0.1) is 21.3 Å². The predicted molar refractivity (Wildman–Crippen MR) is 83.5 cm³/mol. The van der Waals surface area contributed by atoms with Gasteiger partial charge in [-0.2, -0.15) is 0 Å². The fraction of sp³-hybridized carbons (Fsp3) is 0.625. The molecule has 1 aliphatic rings. The molecule has 0 radical (unpaired) electrons. The molecular weight excluding hydrogens is 268 g/mol. The summed E-state index contributed by atoms with van der Waals surface area (Å²) in [4.78, 5) is 2.42. The lowest BCUT2D eigenvalue weighted by molar-refractivity contribution is 0.299. The van der Waals surface area contributed by atoms with E-state index in [0.29, 0.717) is 11.8 Å². The molecule has 1 atom stereocenters. The minimum absolute atomic E-state index is 0.635. The first-order valence-electron chi connectivity index (χ1n) is 7.39. The number of methoxy groups -OCH3 is 3. The summed E-state index contributed by atoms with van der Waals surface area (Å²) in [7, 11) is 7.14. The van der Waals surface area contributed by atoms with E-state index < -0.39 is 0 Å². The smallest absolute Gasteiger partial charge is 0.164 e. The molecule has 2 rings (SSSR count). The van der Waals surface area contributed by atoms with Crippen molar-refractivity contribution >= 4 is 0 Å². The Morgan fingerprint density at radius 3 is 2.33 bits per heavy atom. The van der Waals surface area contributed by atoms with Crippen molar-refractivity contribution in [3.8, 4) is 17.2 Å². The van der Waals surface area contributed by atoms with E-state index in [2.05, 4.69) is 17.3 Å². The van der Waals surface area contributed by atoms with E-state index in [-0.39, 0.29) is 0 Å². The van der Waals surface area contributed by atoms with Gasteiger partial charge in [0.25, 0.3) is 0 Å². The molecule has 1 unspecified atom stereocenters. The molecule has 118 valence electrons. The van der Waals surface area contributed by atoms with Gasteiger partial charge in [-0.05, 0) is 32.5 Å². The van der Waals surface area contributed by atoms with Crippen LogP contribution in [0.1, 0.15) is 18.4 Å². The second-order valence-electron chi connectivity index (χ2n) is 5.43. The Labute approximate surface area is 127 Å². The van der Waals surface area contributed by atoms with Crippen molar-refractivity contribution in [3.63, 3.8) is 0 Å². The van der Waals surface area contributed by atoms with Crippen LogP contribution >= 0.6 is 0 Å². The Morgan fingerprint density at radius 2 is 1.76 bits per heavy atom. The Morgan fingerprint density at radius 1 is 1.10 bits per heavy atom. The lowest BCUT2D eigenvalue weighted by atomic mass is 10.1. The molecule has 0 amide bonds. The Bertz CT molecular complexity index is 465. The number of hydrogen-bond acceptors (Lipinski definition) is 5. The molecule has 21 heavy (non-hydrogen) atoms. The number of likely N-dealkylation sites (tertiary alicyclic amines) is 1. The van der Waals surface area contributed by atoms with E-state index >= 15 is 0 Å². The SMILES string of the molecule is COc1cc(OC)c(OC)cc1CNCC1CCCN1C. The van der Waals surface area contributed by atoms with Gasteiger partial charge in [-0.1, -0.05) is 0 Å². The zero-order valence-corrected chi connectivity index (χ0v) is 13.4. The molecule has 1 saturated heterocycles. The summed E-state index contributed by atoms with van der Waals surface area (Å²) >= 11 is 0. The van der Waals surface area contributed by atoms with Gasteiger partial charge in [-0.15, -0.1) is 0 Å². The molecule has 0 bridgehead atoms. The first kappa shape index (κ1) is 15.9. The van der Waals surface area contributed by atoms with Crippen LogP contribution in [0.15, 0.2) is 12.1 Å². The van der Waals surface area contributed by atoms with Crippen molar-refractivity contribution < 1.29 is 14.2 Å². The van der Waals surface area contributed by atoms with Gasteiger partial charge < -0.3 is 24.4 Å². The highest BCUT2D eigenvalue weighted by Gasteiger charge is 2.20. The van der Waals surface area contributed by atoms with E-state index in [1.165, 1.54) is 19.4 Å². The first-order chi connectivity index (χ1) is 10.2. The minimum atomic E-state index is 0.635. The Kier molecular flexibility index (Phi) is 5.70. The van der Waals surface area contributed by atoms with Crippen LogP contribution in [0, 0.1) is 0 Å². The molecule has 1 fully saturated rings. The van der Waals surface area contributed by atoms with Crippen LogP contribution in [0.2, 0.25) is 0 Å². The van der Waals surface area contributed by atoms with E-state index in [1.807, 2.05) is 12.1 Å². The first-order valence-corrected chi connectivity index (χ1v) is 7.39. The normalized spacial score (nSPS) is 18.8. The number of nitrogens with one attached hydrogen (secondary N) is 1. The van der Waals surface area contributed by atoms with Crippen molar-refractivity contribution in [2.24, 2.45) is 0 Å². The van der Waals surface area contributed by atoms with Crippen LogP contribution in [0.4, 0.5) is 0 Å². The summed E-state index contributed by atoms with van der Waals surface area (Å²) in [5, 5.41) is 3.52. The van der Waals surface area contributed by atoms with Gasteiger partial charge in [-0.25, -0.2) is 0 Å². The highest BCUT2D eigenvalue weighted by Crippen LogP contribution is 2.34. The van der Waals surface area contributed by atoms with Crippen LogP contribution < -0.4 is 19.5 Å². The molecule has 0 spiro atoms. The topological polar surface area (TPSA) is 43.0 Å². The summed E-state index contributed by atoms with van der Waals surface area (Å²) in [5.74, 6) is 2.24. The van der Waals surface area contributed by atoms with E-state index in [9.17, 15) is 0 Å². The van der Waals surface area contributed by atoms with Crippen LogP contribution in [0.25, 0.3) is 0 Å². The third kappa shape index (κ3) is 3.80. The molecule has 1 aromatic carbocycles. The molecule has 1 N–H and O–H groups in total. The summed E-state index contributed by atoms with van der Waals surface area (Å²) in [6.07, 6.45) is 2.56. The molecule has 1 aliphatic heterocycles. The highest BCUT2D eigenvalue weighted by molar-refractivity contribution is 5.50.